The fourth-order valence-electron chi connectivity index (χ4n) is 2.56. The number of rotatable bonds is 6. The predicted molar refractivity (Wildman–Crippen MR) is 131 cm³/mol. The number of hydrazone groups is 2. The van der Waals surface area contributed by atoms with Crippen LogP contribution >= 0.6 is 0 Å². The van der Waals surface area contributed by atoms with Gasteiger partial charge in [-0.05, 0) is 59.7 Å². The third-order valence-electron chi connectivity index (χ3n) is 4.38. The van der Waals surface area contributed by atoms with Crippen molar-refractivity contribution in [3.05, 3.63) is 131 Å². The topological polar surface area (TPSA) is 109 Å². The average Bonchev–Trinajstić information content (AvgIpc) is 2.92. The molecule has 0 unspecified atom stereocenters. The Balaban J connectivity index is 0.000000253. The molecule has 4 rings (SSSR count). The zero-order valence-electron chi connectivity index (χ0n) is 19.1. The molecule has 0 atom stereocenters. The first kappa shape index (κ1) is 28.6. The molecule has 4 aromatic rings. The van der Waals surface area contributed by atoms with Gasteiger partial charge in [0, 0.05) is 52.7 Å². The van der Waals surface area contributed by atoms with E-state index in [1.807, 2.05) is 0 Å². The Morgan fingerprint density at radius 3 is 1.24 bits per heavy atom. The van der Waals surface area contributed by atoms with Crippen LogP contribution in [0.2, 0.25) is 0 Å². The van der Waals surface area contributed by atoms with Crippen LogP contribution in [0.3, 0.4) is 0 Å². The van der Waals surface area contributed by atoms with E-state index >= 15 is 0 Å². The summed E-state index contributed by atoms with van der Waals surface area (Å²) in [6.45, 7) is 0. The quantitative estimate of drug-likeness (QED) is 0.282. The summed E-state index contributed by atoms with van der Waals surface area (Å²) in [4.78, 5) is 30.8. The van der Waals surface area contributed by atoms with Gasteiger partial charge in [0.15, 0.2) is 0 Å². The van der Waals surface area contributed by atoms with Crippen LogP contribution in [-0.4, -0.2) is 34.2 Å². The maximum Gasteiger partial charge on any atom is 0.271 e. The Labute approximate surface area is 221 Å². The molecular formula is C26H20CoF2N6O2. The minimum Gasteiger partial charge on any atom is -0.267 e. The van der Waals surface area contributed by atoms with Crippen LogP contribution in [-0.2, 0) is 16.8 Å². The second kappa shape index (κ2) is 15.4. The minimum atomic E-state index is -0.323. The first-order valence-electron chi connectivity index (χ1n) is 10.5. The van der Waals surface area contributed by atoms with E-state index in [2.05, 4.69) is 31.0 Å². The van der Waals surface area contributed by atoms with Gasteiger partial charge in [0.2, 0.25) is 0 Å². The number of carbonyl (C=O) groups excluding carboxylic acids is 2. The van der Waals surface area contributed by atoms with Gasteiger partial charge in [0.05, 0.1) is 12.4 Å². The molecule has 0 fully saturated rings. The zero-order chi connectivity index (χ0) is 25.6. The fourth-order valence-corrected chi connectivity index (χ4v) is 2.56. The molecule has 1 radical (unpaired) electrons. The van der Waals surface area contributed by atoms with Gasteiger partial charge in [-0.3, -0.25) is 19.6 Å². The molecule has 2 amide bonds. The number of nitrogens with one attached hydrogen (secondary N) is 2. The Kier molecular flexibility index (Phi) is 11.9. The summed E-state index contributed by atoms with van der Waals surface area (Å²) < 4.78 is 25.3. The monoisotopic (exact) mass is 545 g/mol. The Morgan fingerprint density at radius 1 is 0.595 bits per heavy atom. The largest absolute Gasteiger partial charge is 0.271 e. The van der Waals surface area contributed by atoms with Crippen molar-refractivity contribution in [2.45, 2.75) is 0 Å². The van der Waals surface area contributed by atoms with Crippen LogP contribution in [0.25, 0.3) is 0 Å². The molecule has 11 heteroatoms. The smallest absolute Gasteiger partial charge is 0.267 e. The molecule has 189 valence electrons. The van der Waals surface area contributed by atoms with Gasteiger partial charge in [-0.2, -0.15) is 10.2 Å². The molecule has 2 aromatic carbocycles. The van der Waals surface area contributed by atoms with Gasteiger partial charge in [-0.15, -0.1) is 0 Å². The summed E-state index contributed by atoms with van der Waals surface area (Å²) in [6, 6.07) is 17.9. The van der Waals surface area contributed by atoms with Crippen LogP contribution in [0.4, 0.5) is 8.78 Å². The second-order valence-corrected chi connectivity index (χ2v) is 6.97. The molecule has 0 aliphatic heterocycles. The van der Waals surface area contributed by atoms with E-state index in [1.54, 1.807) is 48.5 Å². The van der Waals surface area contributed by atoms with E-state index in [4.69, 9.17) is 0 Å². The van der Waals surface area contributed by atoms with Crippen molar-refractivity contribution in [3.63, 3.8) is 0 Å². The number of benzene rings is 2. The number of pyridine rings is 2. The molecule has 8 nitrogen and oxygen atoms in total. The molecule has 0 bridgehead atoms. The molecular weight excluding hydrogens is 525 g/mol. The summed E-state index contributed by atoms with van der Waals surface area (Å²) in [5.41, 5.74) is 7.09. The molecule has 0 saturated heterocycles. The summed E-state index contributed by atoms with van der Waals surface area (Å²) >= 11 is 0. The number of aromatic nitrogens is 2. The summed E-state index contributed by atoms with van der Waals surface area (Å²) in [5.74, 6) is -1.27. The standard InChI is InChI=1S/2C13H10FN3O.Co/c2*14-12-3-1-10(2-4-12)9-16-17-13(18)11-5-7-15-8-6-11;/h2*1-9H,(H,17,18);. The number of carbonyl (C=O) groups is 2. The van der Waals surface area contributed by atoms with Gasteiger partial charge in [-0.1, -0.05) is 24.3 Å². The number of hydrogen-bond donors (Lipinski definition) is 2. The summed E-state index contributed by atoms with van der Waals surface area (Å²) in [5, 5.41) is 7.56. The SMILES string of the molecule is O=C(NN=Cc1ccc(F)cc1)c1ccncc1.O=C(NN=Cc1ccc(F)cc1)c1ccncc1.[Co]. The molecule has 37 heavy (non-hydrogen) atoms. The van der Waals surface area contributed by atoms with Gasteiger partial charge in [0.1, 0.15) is 11.6 Å². The normalized spacial score (nSPS) is 10.2. The predicted octanol–water partition coefficient (Wildman–Crippen LogP) is 3.97. The average molecular weight is 545 g/mol. The van der Waals surface area contributed by atoms with Gasteiger partial charge in [0.25, 0.3) is 11.8 Å². The minimum absolute atomic E-state index is 0. The van der Waals surface area contributed by atoms with E-state index in [9.17, 15) is 18.4 Å². The summed E-state index contributed by atoms with van der Waals surface area (Å²) in [6.07, 6.45) is 8.99. The number of hydrogen-bond acceptors (Lipinski definition) is 6. The van der Waals surface area contributed by atoms with Crippen LogP contribution in [0.1, 0.15) is 31.8 Å². The van der Waals surface area contributed by atoms with Crippen LogP contribution in [0, 0.1) is 11.6 Å². The first-order chi connectivity index (χ1) is 17.5. The molecule has 0 aliphatic carbocycles. The van der Waals surface area contributed by atoms with Gasteiger partial charge < -0.3 is 0 Å². The third kappa shape index (κ3) is 10.3. The van der Waals surface area contributed by atoms with E-state index in [-0.39, 0.29) is 40.2 Å². The summed E-state index contributed by atoms with van der Waals surface area (Å²) in [7, 11) is 0. The molecule has 0 saturated carbocycles. The Hall–Kier alpha value is -4.61. The second-order valence-electron chi connectivity index (χ2n) is 6.97. The van der Waals surface area contributed by atoms with Crippen LogP contribution in [0.15, 0.2) is 108 Å². The van der Waals surface area contributed by atoms with Crippen molar-refractivity contribution < 1.29 is 35.1 Å². The van der Waals surface area contributed by atoms with Crippen molar-refractivity contribution in [1.29, 1.82) is 0 Å². The van der Waals surface area contributed by atoms with Crippen molar-refractivity contribution in [2.75, 3.05) is 0 Å². The van der Waals surface area contributed by atoms with E-state index in [1.165, 1.54) is 61.5 Å². The van der Waals surface area contributed by atoms with Crippen molar-refractivity contribution in [3.8, 4) is 0 Å². The molecule has 0 spiro atoms. The Morgan fingerprint density at radius 2 is 0.919 bits per heavy atom. The van der Waals surface area contributed by atoms with Gasteiger partial charge >= 0.3 is 0 Å². The number of halogens is 2. The molecule has 2 aromatic heterocycles. The zero-order valence-corrected chi connectivity index (χ0v) is 20.1. The van der Waals surface area contributed by atoms with Crippen molar-refractivity contribution in [2.24, 2.45) is 10.2 Å². The maximum absolute atomic E-state index is 12.6. The Bertz CT molecular complexity index is 1220. The number of amides is 2. The van der Waals surface area contributed by atoms with Crippen LogP contribution in [0.5, 0.6) is 0 Å². The van der Waals surface area contributed by atoms with Crippen molar-refractivity contribution >= 4 is 24.2 Å². The van der Waals surface area contributed by atoms with Crippen LogP contribution < -0.4 is 10.9 Å². The van der Waals surface area contributed by atoms with E-state index < -0.39 is 0 Å². The fraction of sp³-hybridized carbons (Fsp3) is 0. The molecule has 0 aliphatic rings. The molecule has 2 heterocycles. The van der Waals surface area contributed by atoms with Gasteiger partial charge in [-0.25, -0.2) is 19.6 Å². The van der Waals surface area contributed by atoms with E-state index in [0.29, 0.717) is 22.3 Å². The third-order valence-corrected chi connectivity index (χ3v) is 4.38. The maximum atomic E-state index is 12.6. The molecule has 2 N–H and O–H groups in total. The number of nitrogens with zero attached hydrogens (tertiary/aromatic N) is 4. The first-order valence-corrected chi connectivity index (χ1v) is 10.5. The van der Waals surface area contributed by atoms with Crippen molar-refractivity contribution in [1.82, 2.24) is 20.8 Å². The van der Waals surface area contributed by atoms with E-state index in [0.717, 1.165) is 0 Å².